The quantitative estimate of drug-likeness (QED) is 0.403. The van der Waals surface area contributed by atoms with Crippen molar-refractivity contribution < 1.29 is 4.79 Å². The molecule has 0 aliphatic rings. The van der Waals surface area contributed by atoms with Gasteiger partial charge in [-0.15, -0.1) is 0 Å². The summed E-state index contributed by atoms with van der Waals surface area (Å²) < 4.78 is 0. The lowest BCUT2D eigenvalue weighted by atomic mass is 9.90. The number of hydrogen-bond donors (Lipinski definition) is 1. The van der Waals surface area contributed by atoms with E-state index in [9.17, 15) is 4.79 Å². The van der Waals surface area contributed by atoms with E-state index < -0.39 is 0 Å². The Labute approximate surface area is 135 Å². The van der Waals surface area contributed by atoms with E-state index in [0.29, 0.717) is 13.0 Å². The van der Waals surface area contributed by atoms with Gasteiger partial charge in [0.15, 0.2) is 0 Å². The molecule has 0 rings (SSSR count). The molecule has 1 unspecified atom stereocenters. The molecule has 0 aromatic heterocycles. The molecule has 0 saturated heterocycles. The first kappa shape index (κ1) is 19.9. The fraction of sp³-hybridized carbons (Fsp3) is 0.350. The predicted octanol–water partition coefficient (Wildman–Crippen LogP) is 4.90. The van der Waals surface area contributed by atoms with Crippen molar-refractivity contribution in [3.8, 4) is 0 Å². The summed E-state index contributed by atoms with van der Waals surface area (Å²) >= 11 is 0. The van der Waals surface area contributed by atoms with Crippen LogP contribution in [0.1, 0.15) is 32.6 Å². The molecule has 0 heterocycles. The molecular weight excluding hydrogens is 270 g/mol. The van der Waals surface area contributed by atoms with Crippen molar-refractivity contribution in [1.29, 1.82) is 0 Å². The second-order valence-electron chi connectivity index (χ2n) is 5.09. The number of amides is 1. The molecular formula is C20H29NO. The van der Waals surface area contributed by atoms with E-state index in [1.807, 2.05) is 18.2 Å². The molecule has 1 atom stereocenters. The Kier molecular flexibility index (Phi) is 11.4. The molecule has 120 valence electrons. The molecule has 22 heavy (non-hydrogen) atoms. The SMILES string of the molecule is C=C/C=C\C(=C)C(CNC(=O)CCCCC)/C(C=C)=C/C=C. The van der Waals surface area contributed by atoms with E-state index in [1.54, 1.807) is 18.2 Å². The van der Waals surface area contributed by atoms with Crippen molar-refractivity contribution in [2.75, 3.05) is 6.54 Å². The van der Waals surface area contributed by atoms with Gasteiger partial charge in [-0.3, -0.25) is 4.79 Å². The van der Waals surface area contributed by atoms with E-state index in [1.165, 1.54) is 0 Å². The van der Waals surface area contributed by atoms with Crippen LogP contribution in [-0.4, -0.2) is 12.5 Å². The normalized spacial score (nSPS) is 12.7. The number of carbonyl (C=O) groups is 1. The van der Waals surface area contributed by atoms with E-state index in [-0.39, 0.29) is 11.8 Å². The maximum Gasteiger partial charge on any atom is 0.220 e. The Balaban J connectivity index is 4.83. The summed E-state index contributed by atoms with van der Waals surface area (Å²) in [6, 6.07) is 0. The van der Waals surface area contributed by atoms with E-state index >= 15 is 0 Å². The highest BCUT2D eigenvalue weighted by atomic mass is 16.1. The molecule has 0 spiro atoms. The van der Waals surface area contributed by atoms with Crippen molar-refractivity contribution in [2.24, 2.45) is 5.92 Å². The fourth-order valence-electron chi connectivity index (χ4n) is 2.07. The Morgan fingerprint density at radius 1 is 1.18 bits per heavy atom. The zero-order valence-corrected chi connectivity index (χ0v) is 13.8. The first-order valence-electron chi connectivity index (χ1n) is 7.80. The second-order valence-corrected chi connectivity index (χ2v) is 5.09. The third-order valence-corrected chi connectivity index (χ3v) is 3.35. The highest BCUT2D eigenvalue weighted by Crippen LogP contribution is 2.21. The lowest BCUT2D eigenvalue weighted by Crippen LogP contribution is -2.30. The van der Waals surface area contributed by atoms with Crippen LogP contribution in [0.4, 0.5) is 0 Å². The molecule has 1 amide bonds. The highest BCUT2D eigenvalue weighted by molar-refractivity contribution is 5.75. The monoisotopic (exact) mass is 299 g/mol. The van der Waals surface area contributed by atoms with Gasteiger partial charge in [0.2, 0.25) is 5.91 Å². The maximum absolute atomic E-state index is 11.9. The summed E-state index contributed by atoms with van der Waals surface area (Å²) in [4.78, 5) is 11.9. The summed E-state index contributed by atoms with van der Waals surface area (Å²) in [5.74, 6) is 0.0720. The van der Waals surface area contributed by atoms with Gasteiger partial charge in [0.25, 0.3) is 0 Å². The molecule has 0 fully saturated rings. The van der Waals surface area contributed by atoms with Crippen molar-refractivity contribution >= 4 is 5.91 Å². The van der Waals surface area contributed by atoms with Gasteiger partial charge in [0.05, 0.1) is 0 Å². The minimum Gasteiger partial charge on any atom is -0.355 e. The summed E-state index contributed by atoms with van der Waals surface area (Å²) in [6.07, 6.45) is 14.5. The number of unbranched alkanes of at least 4 members (excludes halogenated alkanes) is 2. The zero-order valence-electron chi connectivity index (χ0n) is 13.8. The van der Waals surface area contributed by atoms with Crippen molar-refractivity contribution in [3.63, 3.8) is 0 Å². The van der Waals surface area contributed by atoms with E-state index in [0.717, 1.165) is 30.4 Å². The molecule has 1 N–H and O–H groups in total. The molecule has 0 aromatic carbocycles. The molecule has 0 aliphatic carbocycles. The van der Waals surface area contributed by atoms with Gasteiger partial charge < -0.3 is 5.32 Å². The van der Waals surface area contributed by atoms with Gasteiger partial charge in [-0.2, -0.15) is 0 Å². The van der Waals surface area contributed by atoms with Crippen LogP contribution in [0.15, 0.2) is 73.9 Å². The van der Waals surface area contributed by atoms with Crippen LogP contribution in [-0.2, 0) is 4.79 Å². The first-order valence-corrected chi connectivity index (χ1v) is 7.80. The van der Waals surface area contributed by atoms with Crippen molar-refractivity contribution in [3.05, 3.63) is 73.9 Å². The van der Waals surface area contributed by atoms with E-state index in [4.69, 9.17) is 0 Å². The lowest BCUT2D eigenvalue weighted by Gasteiger charge is -2.19. The summed E-state index contributed by atoms with van der Waals surface area (Å²) in [6.45, 7) is 17.9. The second kappa shape index (κ2) is 12.6. The Morgan fingerprint density at radius 2 is 1.91 bits per heavy atom. The lowest BCUT2D eigenvalue weighted by molar-refractivity contribution is -0.121. The van der Waals surface area contributed by atoms with Gasteiger partial charge in [-0.1, -0.05) is 82.5 Å². The molecule has 0 aromatic rings. The van der Waals surface area contributed by atoms with Gasteiger partial charge in [0.1, 0.15) is 0 Å². The number of nitrogens with one attached hydrogen (secondary N) is 1. The van der Waals surface area contributed by atoms with Crippen LogP contribution in [0.2, 0.25) is 0 Å². The number of rotatable bonds is 12. The Bertz CT molecular complexity index is 454. The number of carbonyl (C=O) groups excluding carboxylic acids is 1. The fourth-order valence-corrected chi connectivity index (χ4v) is 2.07. The average Bonchev–Trinajstić information content (AvgIpc) is 2.52. The third-order valence-electron chi connectivity index (χ3n) is 3.35. The van der Waals surface area contributed by atoms with Crippen LogP contribution in [0, 0.1) is 5.92 Å². The smallest absolute Gasteiger partial charge is 0.220 e. The summed E-state index contributed by atoms with van der Waals surface area (Å²) in [5, 5.41) is 2.99. The standard InChI is InChI=1S/C20H29NO/c1-6-10-12-15-20(22)21-16-19(17(5)14-11-7-2)18(9-4)13-8-3/h7-9,11,13-14,19H,2-6,10,12,15-16H2,1H3,(H,21,22)/b14-11-,18-13+. The third kappa shape index (κ3) is 8.25. The topological polar surface area (TPSA) is 29.1 Å². The highest BCUT2D eigenvalue weighted by Gasteiger charge is 2.15. The van der Waals surface area contributed by atoms with E-state index in [2.05, 4.69) is 38.6 Å². The van der Waals surface area contributed by atoms with Crippen LogP contribution in [0.3, 0.4) is 0 Å². The molecule has 0 saturated carbocycles. The largest absolute Gasteiger partial charge is 0.355 e. The molecule has 0 radical (unpaired) electrons. The van der Waals surface area contributed by atoms with Crippen LogP contribution in [0.25, 0.3) is 0 Å². The van der Waals surface area contributed by atoms with Crippen molar-refractivity contribution in [1.82, 2.24) is 5.32 Å². The number of hydrogen-bond acceptors (Lipinski definition) is 1. The zero-order chi connectivity index (χ0) is 16.8. The molecule has 2 nitrogen and oxygen atoms in total. The summed E-state index contributed by atoms with van der Waals surface area (Å²) in [5.41, 5.74) is 1.89. The Hall–Kier alpha value is -2.09. The predicted molar refractivity (Wildman–Crippen MR) is 97.6 cm³/mol. The first-order chi connectivity index (χ1) is 10.6. The number of allylic oxidation sites excluding steroid dienone is 6. The molecule has 0 aliphatic heterocycles. The van der Waals surface area contributed by atoms with Gasteiger partial charge in [0, 0.05) is 18.9 Å². The van der Waals surface area contributed by atoms with Gasteiger partial charge >= 0.3 is 0 Å². The summed E-state index contributed by atoms with van der Waals surface area (Å²) in [7, 11) is 0. The maximum atomic E-state index is 11.9. The minimum atomic E-state index is -0.0122. The van der Waals surface area contributed by atoms with Crippen LogP contribution in [0.5, 0.6) is 0 Å². The van der Waals surface area contributed by atoms with Gasteiger partial charge in [-0.25, -0.2) is 0 Å². The Morgan fingerprint density at radius 3 is 2.45 bits per heavy atom. The van der Waals surface area contributed by atoms with Crippen molar-refractivity contribution in [2.45, 2.75) is 32.6 Å². The minimum absolute atomic E-state index is 0.0122. The molecule has 0 bridgehead atoms. The van der Waals surface area contributed by atoms with Crippen LogP contribution >= 0.6 is 0 Å². The molecule has 2 heteroatoms. The van der Waals surface area contributed by atoms with Crippen LogP contribution < -0.4 is 5.32 Å². The average molecular weight is 299 g/mol. The van der Waals surface area contributed by atoms with Gasteiger partial charge in [-0.05, 0) is 17.6 Å².